The van der Waals surface area contributed by atoms with Gasteiger partial charge in [-0.2, -0.15) is 0 Å². The van der Waals surface area contributed by atoms with Crippen molar-refractivity contribution in [1.29, 1.82) is 0 Å². The maximum atomic E-state index is 5.76. The molecule has 87 valence electrons. The van der Waals surface area contributed by atoms with Crippen LogP contribution in [0, 0.1) is 0 Å². The molecule has 16 heavy (non-hydrogen) atoms. The maximum absolute atomic E-state index is 5.76. The summed E-state index contributed by atoms with van der Waals surface area (Å²) in [6.07, 6.45) is 3.98. The van der Waals surface area contributed by atoms with Gasteiger partial charge < -0.3 is 0 Å². The van der Waals surface area contributed by atoms with Crippen molar-refractivity contribution in [2.75, 3.05) is 0 Å². The van der Waals surface area contributed by atoms with Gasteiger partial charge in [-0.25, -0.2) is 0 Å². The summed E-state index contributed by atoms with van der Waals surface area (Å²) in [5.74, 6) is 0. The fourth-order valence-electron chi connectivity index (χ4n) is 2.01. The Morgan fingerprint density at radius 3 is 2.38 bits per heavy atom. The van der Waals surface area contributed by atoms with Crippen molar-refractivity contribution in [2.24, 2.45) is 0 Å². The van der Waals surface area contributed by atoms with E-state index in [0.29, 0.717) is 6.10 Å². The predicted octanol–water partition coefficient (Wildman–Crippen LogP) is 3.62. The van der Waals surface area contributed by atoms with Crippen molar-refractivity contribution < 1.29 is 3.07 Å². The molecule has 0 aliphatic rings. The van der Waals surface area contributed by atoms with Crippen LogP contribution in [0.25, 0.3) is 0 Å². The minimum absolute atomic E-state index is 0.111. The SMILES string of the molecule is CCCCC([O][Sn])C(C)(C)c1ccccc1. The first-order valence-electron chi connectivity index (χ1n) is 6.00. The van der Waals surface area contributed by atoms with Gasteiger partial charge in [0.25, 0.3) is 0 Å². The molecule has 3 radical (unpaired) electrons. The van der Waals surface area contributed by atoms with Crippen molar-refractivity contribution >= 4 is 22.9 Å². The summed E-state index contributed by atoms with van der Waals surface area (Å²) < 4.78 is 5.76. The molecule has 0 N–H and O–H groups in total. The number of hydrogen-bond donors (Lipinski definition) is 0. The Hall–Kier alpha value is -0.0213. The molecule has 1 aromatic rings. The zero-order valence-corrected chi connectivity index (χ0v) is 13.3. The third-order valence-electron chi connectivity index (χ3n) is 3.28. The molecule has 1 atom stereocenters. The van der Waals surface area contributed by atoms with Crippen LogP contribution in [0.4, 0.5) is 0 Å². The molecule has 0 heterocycles. The summed E-state index contributed by atoms with van der Waals surface area (Å²) in [7, 11) is 0. The van der Waals surface area contributed by atoms with Gasteiger partial charge in [0.2, 0.25) is 0 Å². The van der Waals surface area contributed by atoms with Crippen LogP contribution in [0.5, 0.6) is 0 Å². The first-order chi connectivity index (χ1) is 7.62. The van der Waals surface area contributed by atoms with E-state index in [0.717, 1.165) is 6.42 Å². The van der Waals surface area contributed by atoms with Crippen molar-refractivity contribution in [3.63, 3.8) is 0 Å². The fourth-order valence-corrected chi connectivity index (χ4v) is 3.19. The number of rotatable bonds is 6. The molecule has 0 saturated heterocycles. The fraction of sp³-hybridized carbons (Fsp3) is 0.571. The van der Waals surface area contributed by atoms with Crippen molar-refractivity contribution in [1.82, 2.24) is 0 Å². The summed E-state index contributed by atoms with van der Waals surface area (Å²) in [6.45, 7) is 6.80. The van der Waals surface area contributed by atoms with Crippen LogP contribution < -0.4 is 0 Å². The van der Waals surface area contributed by atoms with Crippen molar-refractivity contribution in [2.45, 2.75) is 51.6 Å². The van der Waals surface area contributed by atoms with E-state index >= 15 is 0 Å². The second kappa shape index (κ2) is 6.65. The second-order valence-electron chi connectivity index (χ2n) is 4.84. The third kappa shape index (κ3) is 3.49. The van der Waals surface area contributed by atoms with E-state index < -0.39 is 0 Å². The molecule has 0 aromatic heterocycles. The van der Waals surface area contributed by atoms with Crippen LogP contribution >= 0.6 is 0 Å². The van der Waals surface area contributed by atoms with Crippen LogP contribution in [0.1, 0.15) is 45.6 Å². The number of unbranched alkanes of at least 4 members (excludes halogenated alkanes) is 1. The van der Waals surface area contributed by atoms with Crippen LogP contribution in [0.2, 0.25) is 0 Å². The van der Waals surface area contributed by atoms with E-state index in [1.807, 2.05) is 0 Å². The van der Waals surface area contributed by atoms with Gasteiger partial charge in [0.15, 0.2) is 0 Å². The van der Waals surface area contributed by atoms with Crippen LogP contribution in [-0.4, -0.2) is 29.0 Å². The summed E-state index contributed by atoms with van der Waals surface area (Å²) in [5, 5.41) is 0. The molecule has 0 saturated carbocycles. The summed E-state index contributed by atoms with van der Waals surface area (Å²) in [6, 6.07) is 10.7. The van der Waals surface area contributed by atoms with E-state index in [9.17, 15) is 0 Å². The van der Waals surface area contributed by atoms with Gasteiger partial charge in [0.05, 0.1) is 0 Å². The number of hydrogen-bond acceptors (Lipinski definition) is 1. The molecule has 0 amide bonds. The van der Waals surface area contributed by atoms with Gasteiger partial charge >= 0.3 is 113 Å². The summed E-state index contributed by atoms with van der Waals surface area (Å²) in [5.41, 5.74) is 1.48. The zero-order valence-electron chi connectivity index (χ0n) is 10.5. The normalized spacial score (nSPS) is 13.8. The molecule has 1 rings (SSSR count). The van der Waals surface area contributed by atoms with E-state index in [1.54, 1.807) is 0 Å². The Morgan fingerprint density at radius 2 is 1.88 bits per heavy atom. The van der Waals surface area contributed by atoms with Gasteiger partial charge in [-0.15, -0.1) is 0 Å². The molecule has 0 aliphatic carbocycles. The quantitative estimate of drug-likeness (QED) is 0.726. The Kier molecular flexibility index (Phi) is 5.84. The Balaban J connectivity index is 2.81. The van der Waals surface area contributed by atoms with Crippen LogP contribution in [-0.2, 0) is 8.49 Å². The molecule has 0 bridgehead atoms. The molecule has 0 aliphatic heterocycles. The monoisotopic (exact) mass is 325 g/mol. The standard InChI is InChI=1S/C14H21O.Sn/c1-4-5-11-13(15)14(2,3)12-9-7-6-8-10-12;/h6-10,13H,4-5,11H2,1-3H3;/q-1;+1. The Morgan fingerprint density at radius 1 is 1.25 bits per heavy atom. The molecular weight excluding hydrogens is 303 g/mol. The molecule has 0 fully saturated rings. The zero-order chi connectivity index (χ0) is 12.0. The van der Waals surface area contributed by atoms with E-state index in [2.05, 4.69) is 51.1 Å². The molecule has 1 aromatic carbocycles. The summed E-state index contributed by atoms with van der Waals surface area (Å²) >= 11 is 1.17. The van der Waals surface area contributed by atoms with Gasteiger partial charge in [0, 0.05) is 0 Å². The third-order valence-corrected chi connectivity index (χ3v) is 4.10. The van der Waals surface area contributed by atoms with Crippen molar-refractivity contribution in [3.8, 4) is 0 Å². The number of benzene rings is 1. The van der Waals surface area contributed by atoms with Gasteiger partial charge in [-0.1, -0.05) is 0 Å². The van der Waals surface area contributed by atoms with Crippen molar-refractivity contribution in [3.05, 3.63) is 35.9 Å². The molecule has 1 nitrogen and oxygen atoms in total. The minimum atomic E-state index is 0.111. The van der Waals surface area contributed by atoms with Crippen LogP contribution in [0.3, 0.4) is 0 Å². The topological polar surface area (TPSA) is 9.23 Å². The summed E-state index contributed by atoms with van der Waals surface area (Å²) in [4.78, 5) is 0. The van der Waals surface area contributed by atoms with E-state index in [1.165, 1.54) is 41.3 Å². The Bertz CT molecular complexity index is 295. The van der Waals surface area contributed by atoms with Gasteiger partial charge in [0.1, 0.15) is 0 Å². The second-order valence-corrected chi connectivity index (χ2v) is 5.51. The first-order valence-corrected chi connectivity index (χ1v) is 7.17. The van der Waals surface area contributed by atoms with E-state index in [4.69, 9.17) is 3.07 Å². The first kappa shape index (κ1) is 14.0. The van der Waals surface area contributed by atoms with Crippen LogP contribution in [0.15, 0.2) is 30.3 Å². The molecule has 2 heteroatoms. The van der Waals surface area contributed by atoms with E-state index in [-0.39, 0.29) is 5.41 Å². The average molecular weight is 324 g/mol. The molecular formula is C14H21OSn. The predicted molar refractivity (Wildman–Crippen MR) is 69.6 cm³/mol. The molecule has 1 unspecified atom stereocenters. The van der Waals surface area contributed by atoms with Gasteiger partial charge in [-0.05, 0) is 0 Å². The molecule has 0 spiro atoms. The Labute approximate surface area is 113 Å². The average Bonchev–Trinajstić information content (AvgIpc) is 2.31. The van der Waals surface area contributed by atoms with Gasteiger partial charge in [-0.3, -0.25) is 0 Å².